The summed E-state index contributed by atoms with van der Waals surface area (Å²) in [7, 11) is 0. The Labute approximate surface area is 152 Å². The Morgan fingerprint density at radius 3 is 2.85 bits per heavy atom. The number of aromatic amines is 1. The van der Waals surface area contributed by atoms with E-state index in [1.807, 2.05) is 24.3 Å². The molecule has 4 rings (SSSR count). The topological polar surface area (TPSA) is 70.0 Å². The predicted molar refractivity (Wildman–Crippen MR) is 103 cm³/mol. The summed E-state index contributed by atoms with van der Waals surface area (Å²) in [5, 5.41) is 14.6. The van der Waals surface area contributed by atoms with Gasteiger partial charge >= 0.3 is 5.69 Å². The monoisotopic (exact) mass is 351 g/mol. The molecule has 0 saturated heterocycles. The molecule has 1 aromatic heterocycles. The number of aromatic nitrogens is 2. The second-order valence-corrected chi connectivity index (χ2v) is 7.26. The van der Waals surface area contributed by atoms with Gasteiger partial charge in [-0.25, -0.2) is 4.79 Å². The van der Waals surface area contributed by atoms with Gasteiger partial charge in [0.1, 0.15) is 0 Å². The van der Waals surface area contributed by atoms with E-state index in [1.165, 1.54) is 5.56 Å². The maximum absolute atomic E-state index is 12.2. The van der Waals surface area contributed by atoms with Crippen LogP contribution in [0.5, 0.6) is 0 Å². The lowest BCUT2D eigenvalue weighted by Crippen LogP contribution is -2.41. The van der Waals surface area contributed by atoms with Gasteiger partial charge in [-0.1, -0.05) is 42.5 Å². The zero-order valence-electron chi connectivity index (χ0n) is 15.0. The SMILES string of the molecule is C[C@@H](CCc1ccccc1)N[C@@H]1CCn2c(=O)[nH]c3cccc(c32)[C@H]1O. The van der Waals surface area contributed by atoms with E-state index >= 15 is 0 Å². The Kier molecular flexibility index (Phi) is 4.66. The number of aliphatic hydroxyl groups is 1. The molecule has 1 aliphatic rings. The molecule has 0 unspecified atom stereocenters. The molecule has 0 amide bonds. The van der Waals surface area contributed by atoms with Crippen molar-refractivity contribution in [2.45, 2.75) is 50.9 Å². The normalized spacial score (nSPS) is 20.8. The Bertz CT molecular complexity index is 945. The van der Waals surface area contributed by atoms with Crippen LogP contribution in [0.15, 0.2) is 53.3 Å². The molecule has 5 heteroatoms. The van der Waals surface area contributed by atoms with Gasteiger partial charge in [-0.3, -0.25) is 4.57 Å². The number of aryl methyl sites for hydroxylation is 2. The lowest BCUT2D eigenvalue weighted by atomic mass is 9.98. The van der Waals surface area contributed by atoms with Crippen LogP contribution in [-0.2, 0) is 13.0 Å². The van der Waals surface area contributed by atoms with Crippen molar-refractivity contribution in [3.63, 3.8) is 0 Å². The van der Waals surface area contributed by atoms with Gasteiger partial charge in [-0.05, 0) is 37.8 Å². The lowest BCUT2D eigenvalue weighted by Gasteiger charge is -2.26. The first-order chi connectivity index (χ1) is 12.6. The first-order valence-corrected chi connectivity index (χ1v) is 9.33. The minimum Gasteiger partial charge on any atom is -0.387 e. The van der Waals surface area contributed by atoms with Crippen LogP contribution in [0.4, 0.5) is 0 Å². The minimum atomic E-state index is -0.623. The highest BCUT2D eigenvalue weighted by atomic mass is 16.3. The van der Waals surface area contributed by atoms with Gasteiger partial charge in [-0.15, -0.1) is 0 Å². The van der Waals surface area contributed by atoms with Gasteiger partial charge in [0.15, 0.2) is 0 Å². The number of hydrogen-bond acceptors (Lipinski definition) is 3. The van der Waals surface area contributed by atoms with Gasteiger partial charge in [0.05, 0.1) is 17.1 Å². The van der Waals surface area contributed by atoms with Crippen LogP contribution in [0.1, 0.15) is 37.0 Å². The molecule has 2 aromatic carbocycles. The Morgan fingerprint density at radius 1 is 1.23 bits per heavy atom. The summed E-state index contributed by atoms with van der Waals surface area (Å²) in [5.74, 6) is 0. The zero-order chi connectivity index (χ0) is 18.1. The van der Waals surface area contributed by atoms with Gasteiger partial charge in [0, 0.05) is 24.2 Å². The molecule has 5 nitrogen and oxygen atoms in total. The van der Waals surface area contributed by atoms with Crippen LogP contribution in [0.25, 0.3) is 11.0 Å². The predicted octanol–water partition coefficient (Wildman–Crippen LogP) is 2.75. The highest BCUT2D eigenvalue weighted by Gasteiger charge is 2.28. The summed E-state index contributed by atoms with van der Waals surface area (Å²) in [5.41, 5.74) is 3.69. The molecular formula is C21H25N3O2. The maximum Gasteiger partial charge on any atom is 0.326 e. The number of imidazole rings is 1. The van der Waals surface area contributed by atoms with Crippen LogP contribution in [0.2, 0.25) is 0 Å². The molecule has 1 aliphatic heterocycles. The summed E-state index contributed by atoms with van der Waals surface area (Å²) in [4.78, 5) is 15.1. The van der Waals surface area contributed by atoms with E-state index in [1.54, 1.807) is 4.57 Å². The first kappa shape index (κ1) is 17.1. The highest BCUT2D eigenvalue weighted by Crippen LogP contribution is 2.30. The second kappa shape index (κ2) is 7.09. The van der Waals surface area contributed by atoms with E-state index in [9.17, 15) is 9.90 Å². The quantitative estimate of drug-likeness (QED) is 0.662. The fourth-order valence-electron chi connectivity index (χ4n) is 3.99. The Hall–Kier alpha value is -2.37. The molecule has 0 saturated carbocycles. The third kappa shape index (κ3) is 3.20. The minimum absolute atomic E-state index is 0.0642. The third-order valence-electron chi connectivity index (χ3n) is 5.39. The number of nitrogens with one attached hydrogen (secondary N) is 2. The summed E-state index contributed by atoms with van der Waals surface area (Å²) in [6.07, 6.45) is 2.11. The summed E-state index contributed by atoms with van der Waals surface area (Å²) in [6, 6.07) is 16.4. The number of benzene rings is 2. The van der Waals surface area contributed by atoms with E-state index in [2.05, 4.69) is 41.5 Å². The van der Waals surface area contributed by atoms with E-state index < -0.39 is 6.10 Å². The molecule has 0 bridgehead atoms. The molecule has 0 radical (unpaired) electrons. The zero-order valence-corrected chi connectivity index (χ0v) is 15.0. The smallest absolute Gasteiger partial charge is 0.326 e. The summed E-state index contributed by atoms with van der Waals surface area (Å²) >= 11 is 0. The molecule has 2 heterocycles. The van der Waals surface area contributed by atoms with E-state index in [4.69, 9.17) is 0 Å². The molecule has 3 aromatic rings. The van der Waals surface area contributed by atoms with Crippen LogP contribution in [0.3, 0.4) is 0 Å². The van der Waals surface area contributed by atoms with Crippen molar-refractivity contribution in [1.29, 1.82) is 0 Å². The Balaban J connectivity index is 1.49. The van der Waals surface area contributed by atoms with E-state index in [0.29, 0.717) is 6.54 Å². The number of aliphatic hydroxyl groups excluding tert-OH is 1. The van der Waals surface area contributed by atoms with Crippen molar-refractivity contribution in [1.82, 2.24) is 14.9 Å². The van der Waals surface area contributed by atoms with E-state index in [0.717, 1.165) is 35.9 Å². The fraction of sp³-hybridized carbons (Fsp3) is 0.381. The van der Waals surface area contributed by atoms with Gasteiger partial charge < -0.3 is 15.4 Å². The molecule has 0 fully saturated rings. The second-order valence-electron chi connectivity index (χ2n) is 7.26. The van der Waals surface area contributed by atoms with Crippen LogP contribution in [0, 0.1) is 0 Å². The standard InChI is InChI=1S/C21H25N3O2/c1-14(10-11-15-6-3-2-4-7-15)22-18-12-13-24-19-16(20(18)25)8-5-9-17(19)23-21(24)26/h2-9,14,18,20,22,25H,10-13H2,1H3,(H,23,26)/t14-,18+,20+/m0/s1. The van der Waals surface area contributed by atoms with Crippen LogP contribution >= 0.6 is 0 Å². The van der Waals surface area contributed by atoms with Gasteiger partial charge in [0.2, 0.25) is 0 Å². The number of nitrogens with zero attached hydrogens (tertiary/aromatic N) is 1. The highest BCUT2D eigenvalue weighted by molar-refractivity contribution is 5.79. The van der Waals surface area contributed by atoms with Crippen molar-refractivity contribution in [2.75, 3.05) is 0 Å². The molecule has 0 aliphatic carbocycles. The van der Waals surface area contributed by atoms with Crippen molar-refractivity contribution in [3.05, 3.63) is 70.1 Å². The Morgan fingerprint density at radius 2 is 2.04 bits per heavy atom. The summed E-state index contributed by atoms with van der Waals surface area (Å²) in [6.45, 7) is 2.77. The maximum atomic E-state index is 12.2. The van der Waals surface area contributed by atoms with E-state index in [-0.39, 0.29) is 17.8 Å². The number of H-pyrrole nitrogens is 1. The molecule has 3 N–H and O–H groups in total. The lowest BCUT2D eigenvalue weighted by molar-refractivity contribution is 0.119. The van der Waals surface area contributed by atoms with Crippen LogP contribution < -0.4 is 11.0 Å². The van der Waals surface area contributed by atoms with Crippen LogP contribution in [-0.4, -0.2) is 26.7 Å². The number of hydrogen-bond donors (Lipinski definition) is 3. The molecule has 3 atom stereocenters. The van der Waals surface area contributed by atoms with Gasteiger partial charge in [0.25, 0.3) is 0 Å². The van der Waals surface area contributed by atoms with Gasteiger partial charge in [-0.2, -0.15) is 0 Å². The molecule has 0 spiro atoms. The molecule has 26 heavy (non-hydrogen) atoms. The summed E-state index contributed by atoms with van der Waals surface area (Å²) < 4.78 is 1.75. The fourth-order valence-corrected chi connectivity index (χ4v) is 3.99. The largest absolute Gasteiger partial charge is 0.387 e. The molecule has 136 valence electrons. The number of para-hydroxylation sites is 1. The third-order valence-corrected chi connectivity index (χ3v) is 5.39. The molecular weight excluding hydrogens is 326 g/mol. The first-order valence-electron chi connectivity index (χ1n) is 9.33. The average molecular weight is 351 g/mol. The van der Waals surface area contributed by atoms with Crippen molar-refractivity contribution in [2.24, 2.45) is 0 Å². The number of rotatable bonds is 5. The van der Waals surface area contributed by atoms with Crippen molar-refractivity contribution >= 4 is 11.0 Å². The van der Waals surface area contributed by atoms with Crippen molar-refractivity contribution in [3.8, 4) is 0 Å². The average Bonchev–Trinajstić information content (AvgIpc) is 2.91. The van der Waals surface area contributed by atoms with Crippen molar-refractivity contribution < 1.29 is 5.11 Å².